The molecule has 2 aliphatic rings. The highest BCUT2D eigenvalue weighted by atomic mass is 16.6. The summed E-state index contributed by atoms with van der Waals surface area (Å²) in [6.07, 6.45) is 2.10. The molecule has 2 saturated heterocycles. The SMILES string of the molecule is O=C(c1ccccc1)N1CCN(c2ccc([N+](=O)[O-])c(NC[C@@H]3CCCO3)c2)CC1. The number of nitro groups is 1. The van der Waals surface area contributed by atoms with Crippen molar-refractivity contribution in [3.8, 4) is 0 Å². The number of benzene rings is 2. The maximum Gasteiger partial charge on any atom is 0.292 e. The lowest BCUT2D eigenvalue weighted by molar-refractivity contribution is -0.383. The minimum Gasteiger partial charge on any atom is -0.377 e. The van der Waals surface area contributed by atoms with E-state index >= 15 is 0 Å². The number of nitrogens with one attached hydrogen (secondary N) is 1. The summed E-state index contributed by atoms with van der Waals surface area (Å²) in [5.74, 6) is 0.0397. The molecule has 2 aromatic rings. The van der Waals surface area contributed by atoms with E-state index in [2.05, 4.69) is 10.2 Å². The molecule has 1 N–H and O–H groups in total. The van der Waals surface area contributed by atoms with Crippen LogP contribution >= 0.6 is 0 Å². The molecule has 0 spiro atoms. The van der Waals surface area contributed by atoms with Crippen LogP contribution in [0.4, 0.5) is 17.1 Å². The molecule has 0 bridgehead atoms. The second-order valence-corrected chi connectivity index (χ2v) is 7.62. The minimum absolute atomic E-state index is 0.0397. The summed E-state index contributed by atoms with van der Waals surface area (Å²) in [6, 6.07) is 14.5. The van der Waals surface area contributed by atoms with E-state index in [-0.39, 0.29) is 22.6 Å². The molecule has 0 saturated carbocycles. The van der Waals surface area contributed by atoms with E-state index in [0.717, 1.165) is 25.1 Å². The van der Waals surface area contributed by atoms with Crippen LogP contribution in [0.3, 0.4) is 0 Å². The Morgan fingerprint density at radius 1 is 1.13 bits per heavy atom. The summed E-state index contributed by atoms with van der Waals surface area (Å²) in [7, 11) is 0. The number of carbonyl (C=O) groups is 1. The molecule has 4 rings (SSSR count). The Morgan fingerprint density at radius 2 is 1.90 bits per heavy atom. The van der Waals surface area contributed by atoms with E-state index in [1.165, 1.54) is 0 Å². The predicted molar refractivity (Wildman–Crippen MR) is 115 cm³/mol. The lowest BCUT2D eigenvalue weighted by Gasteiger charge is -2.36. The molecule has 8 heteroatoms. The molecule has 158 valence electrons. The normalized spacial score (nSPS) is 19.0. The molecule has 2 aliphatic heterocycles. The van der Waals surface area contributed by atoms with Gasteiger partial charge in [0.1, 0.15) is 5.69 Å². The number of piperazine rings is 1. The summed E-state index contributed by atoms with van der Waals surface area (Å²) in [5, 5.41) is 14.6. The van der Waals surface area contributed by atoms with E-state index in [4.69, 9.17) is 4.74 Å². The van der Waals surface area contributed by atoms with Gasteiger partial charge in [0.15, 0.2) is 0 Å². The first-order valence-electron chi connectivity index (χ1n) is 10.3. The van der Waals surface area contributed by atoms with E-state index in [1.54, 1.807) is 12.1 Å². The summed E-state index contributed by atoms with van der Waals surface area (Å²) in [6.45, 7) is 3.90. The molecule has 0 unspecified atom stereocenters. The van der Waals surface area contributed by atoms with Crippen molar-refractivity contribution in [3.05, 3.63) is 64.2 Å². The molecule has 2 fully saturated rings. The summed E-state index contributed by atoms with van der Waals surface area (Å²) in [5.41, 5.74) is 2.19. The van der Waals surface area contributed by atoms with Crippen LogP contribution < -0.4 is 10.2 Å². The number of nitro benzene ring substituents is 1. The Balaban J connectivity index is 1.42. The third kappa shape index (κ3) is 4.54. The highest BCUT2D eigenvalue weighted by Gasteiger charge is 2.24. The Bertz CT molecular complexity index is 891. The predicted octanol–water partition coefficient (Wildman–Crippen LogP) is 3.15. The first kappa shape index (κ1) is 20.2. The standard InChI is InChI=1S/C22H26N4O4/c27-22(17-5-2-1-3-6-17)25-12-10-24(11-13-25)18-8-9-21(26(28)29)20(15-18)23-16-19-7-4-14-30-19/h1-3,5-6,8-9,15,19,23H,4,7,10-14,16H2/t19-/m0/s1. The van der Waals surface area contributed by atoms with Gasteiger partial charge in [-0.2, -0.15) is 0 Å². The number of carbonyl (C=O) groups excluding carboxylic acids is 1. The Hall–Kier alpha value is -3.13. The number of ether oxygens (including phenoxy) is 1. The van der Waals surface area contributed by atoms with Crippen molar-refractivity contribution in [2.45, 2.75) is 18.9 Å². The van der Waals surface area contributed by atoms with Crippen LogP contribution in [0.5, 0.6) is 0 Å². The largest absolute Gasteiger partial charge is 0.377 e. The van der Waals surface area contributed by atoms with Gasteiger partial charge >= 0.3 is 0 Å². The molecule has 2 aromatic carbocycles. The van der Waals surface area contributed by atoms with Crippen LogP contribution in [0, 0.1) is 10.1 Å². The lowest BCUT2D eigenvalue weighted by Crippen LogP contribution is -2.48. The molecule has 0 aliphatic carbocycles. The minimum atomic E-state index is -0.363. The quantitative estimate of drug-likeness (QED) is 0.581. The number of rotatable bonds is 6. The molecular weight excluding hydrogens is 384 g/mol. The van der Waals surface area contributed by atoms with Crippen LogP contribution in [0.15, 0.2) is 48.5 Å². The average Bonchev–Trinajstić information content (AvgIpc) is 3.31. The van der Waals surface area contributed by atoms with E-state index in [0.29, 0.717) is 44.0 Å². The van der Waals surface area contributed by atoms with Gasteiger partial charge < -0.3 is 19.9 Å². The van der Waals surface area contributed by atoms with E-state index < -0.39 is 0 Å². The fourth-order valence-corrected chi connectivity index (χ4v) is 3.98. The molecule has 30 heavy (non-hydrogen) atoms. The van der Waals surface area contributed by atoms with Crippen molar-refractivity contribution in [2.24, 2.45) is 0 Å². The fraction of sp³-hybridized carbons (Fsp3) is 0.409. The third-order valence-corrected chi connectivity index (χ3v) is 5.67. The summed E-state index contributed by atoms with van der Waals surface area (Å²) in [4.78, 5) is 27.7. The van der Waals surface area contributed by atoms with Crippen molar-refractivity contribution in [1.82, 2.24) is 4.90 Å². The average molecular weight is 410 g/mol. The maximum absolute atomic E-state index is 12.6. The van der Waals surface area contributed by atoms with Gasteiger partial charge in [0, 0.05) is 56.6 Å². The van der Waals surface area contributed by atoms with Crippen LogP contribution in [-0.4, -0.2) is 61.2 Å². The van der Waals surface area contributed by atoms with Gasteiger partial charge in [-0.05, 0) is 37.1 Å². The summed E-state index contributed by atoms with van der Waals surface area (Å²) >= 11 is 0. The van der Waals surface area contributed by atoms with Crippen molar-refractivity contribution in [3.63, 3.8) is 0 Å². The zero-order valence-electron chi connectivity index (χ0n) is 16.8. The first-order valence-corrected chi connectivity index (χ1v) is 10.3. The van der Waals surface area contributed by atoms with Crippen LogP contribution in [-0.2, 0) is 4.74 Å². The van der Waals surface area contributed by atoms with E-state index in [9.17, 15) is 14.9 Å². The Labute approximate surface area is 175 Å². The zero-order valence-corrected chi connectivity index (χ0v) is 16.8. The van der Waals surface area contributed by atoms with Gasteiger partial charge in [-0.1, -0.05) is 18.2 Å². The Kier molecular flexibility index (Phi) is 6.13. The number of hydrogen-bond acceptors (Lipinski definition) is 6. The fourth-order valence-electron chi connectivity index (χ4n) is 3.98. The molecule has 2 heterocycles. The number of anilines is 2. The van der Waals surface area contributed by atoms with Crippen LogP contribution in [0.1, 0.15) is 23.2 Å². The van der Waals surface area contributed by atoms with Crippen molar-refractivity contribution in [1.29, 1.82) is 0 Å². The molecule has 8 nitrogen and oxygen atoms in total. The molecule has 1 amide bonds. The molecule has 0 aromatic heterocycles. The topological polar surface area (TPSA) is 88.0 Å². The second kappa shape index (κ2) is 9.13. The van der Waals surface area contributed by atoms with E-state index in [1.807, 2.05) is 41.3 Å². The third-order valence-electron chi connectivity index (χ3n) is 5.67. The van der Waals surface area contributed by atoms with Gasteiger partial charge in [0.2, 0.25) is 0 Å². The van der Waals surface area contributed by atoms with Gasteiger partial charge in [0.25, 0.3) is 11.6 Å². The zero-order chi connectivity index (χ0) is 20.9. The highest BCUT2D eigenvalue weighted by molar-refractivity contribution is 5.94. The van der Waals surface area contributed by atoms with Crippen molar-refractivity contribution in [2.75, 3.05) is 49.5 Å². The highest BCUT2D eigenvalue weighted by Crippen LogP contribution is 2.30. The lowest BCUT2D eigenvalue weighted by atomic mass is 10.1. The van der Waals surface area contributed by atoms with Gasteiger partial charge in [0.05, 0.1) is 11.0 Å². The van der Waals surface area contributed by atoms with Crippen molar-refractivity contribution >= 4 is 23.0 Å². The monoisotopic (exact) mass is 410 g/mol. The molecular formula is C22H26N4O4. The number of nitrogens with zero attached hydrogens (tertiary/aromatic N) is 3. The Morgan fingerprint density at radius 3 is 2.57 bits per heavy atom. The number of amides is 1. The van der Waals surface area contributed by atoms with Gasteiger partial charge in [-0.25, -0.2) is 0 Å². The smallest absolute Gasteiger partial charge is 0.292 e. The maximum atomic E-state index is 12.6. The molecule has 1 atom stereocenters. The second-order valence-electron chi connectivity index (χ2n) is 7.62. The molecule has 0 radical (unpaired) electrons. The number of hydrogen-bond donors (Lipinski definition) is 1. The van der Waals surface area contributed by atoms with Crippen molar-refractivity contribution < 1.29 is 14.5 Å². The van der Waals surface area contributed by atoms with Crippen LogP contribution in [0.2, 0.25) is 0 Å². The van der Waals surface area contributed by atoms with Crippen LogP contribution in [0.25, 0.3) is 0 Å². The van der Waals surface area contributed by atoms with Gasteiger partial charge in [-0.3, -0.25) is 14.9 Å². The van der Waals surface area contributed by atoms with Gasteiger partial charge in [-0.15, -0.1) is 0 Å². The first-order chi connectivity index (χ1) is 14.6. The summed E-state index contributed by atoms with van der Waals surface area (Å²) < 4.78 is 5.61.